The molecule has 0 aliphatic carbocycles. The molecule has 1 unspecified atom stereocenters. The van der Waals surface area contributed by atoms with Crippen LogP contribution in [-0.2, 0) is 35.2 Å². The van der Waals surface area contributed by atoms with Gasteiger partial charge in [-0.15, -0.1) is 0 Å². The number of likely N-dealkylation sites (tertiary alicyclic amines) is 1. The van der Waals surface area contributed by atoms with Crippen molar-refractivity contribution in [2.45, 2.75) is 375 Å². The molecule has 1 aliphatic heterocycles. The van der Waals surface area contributed by atoms with Gasteiger partial charge in [0.2, 0.25) is 0 Å². The van der Waals surface area contributed by atoms with E-state index in [-0.39, 0.29) is 11.7 Å². The number of rotatable bonds is 55. The standard InChI is InChI=1S/C22H28FNO3.6C10H20O2/c1-26-20-5-3-4-19(22(20)27-2)21(25)17-11-14-24(15-12-17)13-10-16-6-8-18(23)9-7-16;6*1-2-3-4-5-6-7-8-9-10(11)12/h3-9,17,21,25H,10-15H2,1-2H3;6*2-9H2,1H3,(H,11,12). The fraction of sp³-hybridized carbons (Fsp3) is 0.780. The number of carbonyl (C=O) groups is 6. The molecular weight excluding hydrogens is 1260 g/mol. The average molecular weight is 1410 g/mol. The number of carboxylic acid groups (broad SMARTS) is 6. The molecule has 0 aromatic heterocycles. The number of unbranched alkanes of at least 4 members (excludes halogenated alkanes) is 36. The maximum atomic E-state index is 13.0. The Bertz CT molecular complexity index is 1900. The van der Waals surface area contributed by atoms with Gasteiger partial charge in [0, 0.05) is 50.6 Å². The van der Waals surface area contributed by atoms with E-state index in [4.69, 9.17) is 40.1 Å². The van der Waals surface area contributed by atoms with Gasteiger partial charge in [-0.3, -0.25) is 28.8 Å². The molecule has 99 heavy (non-hydrogen) atoms. The summed E-state index contributed by atoms with van der Waals surface area (Å²) >= 11 is 0. The molecule has 17 heteroatoms. The highest BCUT2D eigenvalue weighted by molar-refractivity contribution is 5.68. The van der Waals surface area contributed by atoms with Gasteiger partial charge in [-0.1, -0.05) is 297 Å². The number of aliphatic hydroxyl groups is 1. The molecule has 0 bridgehead atoms. The summed E-state index contributed by atoms with van der Waals surface area (Å²) in [7, 11) is 3.21. The Hall–Kier alpha value is -5.29. The van der Waals surface area contributed by atoms with E-state index in [0.29, 0.717) is 50.0 Å². The molecular formula is C82H148FNO15. The summed E-state index contributed by atoms with van der Waals surface area (Å²) < 4.78 is 23.8. The van der Waals surface area contributed by atoms with Crippen molar-refractivity contribution in [2.24, 2.45) is 5.92 Å². The van der Waals surface area contributed by atoms with Crippen molar-refractivity contribution < 1.29 is 78.4 Å². The van der Waals surface area contributed by atoms with E-state index in [1.165, 1.54) is 205 Å². The largest absolute Gasteiger partial charge is 0.493 e. The van der Waals surface area contributed by atoms with Gasteiger partial charge in [-0.2, -0.15) is 0 Å². The van der Waals surface area contributed by atoms with E-state index in [2.05, 4.69) is 46.4 Å². The first-order chi connectivity index (χ1) is 47.7. The zero-order chi connectivity index (χ0) is 74.6. The molecule has 3 rings (SSSR count). The van der Waals surface area contributed by atoms with Crippen LogP contribution in [-0.4, -0.2) is 110 Å². The van der Waals surface area contributed by atoms with Gasteiger partial charge in [0.05, 0.1) is 20.3 Å². The van der Waals surface area contributed by atoms with Crippen LogP contribution in [0.15, 0.2) is 42.5 Å². The zero-order valence-corrected chi connectivity index (χ0v) is 64.1. The van der Waals surface area contributed by atoms with Crippen molar-refractivity contribution in [2.75, 3.05) is 33.9 Å². The van der Waals surface area contributed by atoms with Crippen LogP contribution in [0.25, 0.3) is 0 Å². The van der Waals surface area contributed by atoms with Crippen LogP contribution in [0.3, 0.4) is 0 Å². The van der Waals surface area contributed by atoms with Crippen LogP contribution < -0.4 is 9.47 Å². The Morgan fingerprint density at radius 3 is 0.869 bits per heavy atom. The second kappa shape index (κ2) is 78.4. The maximum absolute atomic E-state index is 13.0. The Labute approximate surface area is 602 Å². The Kier molecular flexibility index (Phi) is 79.3. The number of carboxylic acids is 6. The van der Waals surface area contributed by atoms with E-state index in [1.807, 2.05) is 30.3 Å². The molecule has 1 heterocycles. The Morgan fingerprint density at radius 1 is 0.384 bits per heavy atom. The van der Waals surface area contributed by atoms with Crippen molar-refractivity contribution in [1.82, 2.24) is 4.90 Å². The van der Waals surface area contributed by atoms with Gasteiger partial charge < -0.3 is 50.1 Å². The van der Waals surface area contributed by atoms with Gasteiger partial charge in [-0.25, -0.2) is 4.39 Å². The Morgan fingerprint density at radius 2 is 0.636 bits per heavy atom. The van der Waals surface area contributed by atoms with Gasteiger partial charge in [0.1, 0.15) is 5.82 Å². The lowest BCUT2D eigenvalue weighted by atomic mass is 9.87. The van der Waals surface area contributed by atoms with Gasteiger partial charge >= 0.3 is 35.8 Å². The number of aliphatic hydroxyl groups excluding tert-OH is 1. The van der Waals surface area contributed by atoms with Crippen LogP contribution in [0.5, 0.6) is 11.5 Å². The molecule has 1 saturated heterocycles. The number of aliphatic carboxylic acids is 6. The second-order valence-electron chi connectivity index (χ2n) is 26.7. The molecule has 1 atom stereocenters. The zero-order valence-electron chi connectivity index (χ0n) is 64.1. The van der Waals surface area contributed by atoms with Crippen molar-refractivity contribution >= 4 is 35.8 Å². The molecule has 0 amide bonds. The molecule has 578 valence electrons. The second-order valence-corrected chi connectivity index (χ2v) is 26.7. The summed E-state index contributed by atoms with van der Waals surface area (Å²) in [6.45, 7) is 16.1. The minimum Gasteiger partial charge on any atom is -0.493 e. The highest BCUT2D eigenvalue weighted by atomic mass is 19.1. The molecule has 0 radical (unpaired) electrons. The number of para-hydroxylation sites is 1. The van der Waals surface area contributed by atoms with Crippen LogP contribution in [0.2, 0.25) is 0 Å². The lowest BCUT2D eigenvalue weighted by molar-refractivity contribution is -0.138. The molecule has 1 aliphatic rings. The molecule has 2 aromatic rings. The fourth-order valence-electron chi connectivity index (χ4n) is 11.2. The summed E-state index contributed by atoms with van der Waals surface area (Å²) in [4.78, 5) is 63.2. The van der Waals surface area contributed by atoms with E-state index in [1.54, 1.807) is 14.2 Å². The molecule has 7 N–H and O–H groups in total. The maximum Gasteiger partial charge on any atom is 0.303 e. The minimum atomic E-state index is -0.663. The van der Waals surface area contributed by atoms with Crippen molar-refractivity contribution in [3.05, 3.63) is 59.4 Å². The van der Waals surface area contributed by atoms with E-state index in [0.717, 1.165) is 127 Å². The van der Waals surface area contributed by atoms with Crippen LogP contribution in [0.1, 0.15) is 380 Å². The predicted octanol–water partition coefficient (Wildman–Crippen LogP) is 23.1. The third kappa shape index (κ3) is 76.7. The number of piperidine rings is 1. The number of nitrogens with zero attached hydrogens (tertiary/aromatic N) is 1. The van der Waals surface area contributed by atoms with Gasteiger partial charge in [0.15, 0.2) is 11.5 Å². The number of methoxy groups -OCH3 is 2. The number of hydrogen-bond donors (Lipinski definition) is 7. The van der Waals surface area contributed by atoms with Crippen molar-refractivity contribution in [1.29, 1.82) is 0 Å². The summed E-state index contributed by atoms with van der Waals surface area (Å²) in [5.74, 6) is -2.71. The predicted molar refractivity (Wildman–Crippen MR) is 405 cm³/mol. The topological polar surface area (TPSA) is 266 Å². The lowest BCUT2D eigenvalue weighted by Gasteiger charge is -2.34. The van der Waals surface area contributed by atoms with E-state index >= 15 is 0 Å². The normalized spacial score (nSPS) is 11.9. The Balaban J connectivity index is -0.000000552. The summed E-state index contributed by atoms with van der Waals surface area (Å²) in [5, 5.41) is 61.0. The number of ether oxygens (including phenoxy) is 2. The lowest BCUT2D eigenvalue weighted by Crippen LogP contribution is -2.36. The summed E-state index contributed by atoms with van der Waals surface area (Å²) in [5.41, 5.74) is 1.95. The monoisotopic (exact) mass is 1410 g/mol. The van der Waals surface area contributed by atoms with Gasteiger partial charge in [0.25, 0.3) is 0 Å². The van der Waals surface area contributed by atoms with Crippen LogP contribution in [0.4, 0.5) is 4.39 Å². The molecule has 0 spiro atoms. The molecule has 0 saturated carbocycles. The average Bonchev–Trinajstić information content (AvgIpc) is 0.821. The minimum absolute atomic E-state index is 0.193. The molecule has 1 fully saturated rings. The highest BCUT2D eigenvalue weighted by Crippen LogP contribution is 2.40. The SMILES string of the molecule is CCCCCCCCCC(=O)O.CCCCCCCCCC(=O)O.CCCCCCCCCC(=O)O.CCCCCCCCCC(=O)O.CCCCCCCCCC(=O)O.CCCCCCCCCC(=O)O.COc1cccc(C(O)C2CCN(CCc3ccc(F)cc3)CC2)c1OC. The quantitative estimate of drug-likeness (QED) is 0.0304. The first kappa shape index (κ1) is 100. The van der Waals surface area contributed by atoms with Crippen molar-refractivity contribution in [3.8, 4) is 11.5 Å². The third-order valence-electron chi connectivity index (χ3n) is 17.4. The summed E-state index contributed by atoms with van der Waals surface area (Å²) in [6, 6.07) is 12.4. The number of benzene rings is 2. The van der Waals surface area contributed by atoms with Crippen molar-refractivity contribution in [3.63, 3.8) is 0 Å². The van der Waals surface area contributed by atoms with Crippen LogP contribution >= 0.6 is 0 Å². The van der Waals surface area contributed by atoms with E-state index in [9.17, 15) is 38.3 Å². The highest BCUT2D eigenvalue weighted by Gasteiger charge is 2.29. The third-order valence-corrected chi connectivity index (χ3v) is 17.4. The number of halogens is 1. The first-order valence-corrected chi connectivity index (χ1v) is 39.4. The molecule has 16 nitrogen and oxygen atoms in total. The summed E-state index contributed by atoms with van der Waals surface area (Å²) in [6.07, 6.45) is 54.1. The fourth-order valence-corrected chi connectivity index (χ4v) is 11.2. The van der Waals surface area contributed by atoms with Gasteiger partial charge in [-0.05, 0) is 101 Å². The first-order valence-electron chi connectivity index (χ1n) is 39.4. The number of hydrogen-bond acceptors (Lipinski definition) is 10. The molecule has 2 aromatic carbocycles. The van der Waals surface area contributed by atoms with Crippen LogP contribution in [0, 0.1) is 11.7 Å². The van der Waals surface area contributed by atoms with E-state index < -0.39 is 41.9 Å². The smallest absolute Gasteiger partial charge is 0.303 e.